The highest BCUT2D eigenvalue weighted by Crippen LogP contribution is 2.30. The summed E-state index contributed by atoms with van der Waals surface area (Å²) in [6, 6.07) is 5.41. The van der Waals surface area contributed by atoms with Gasteiger partial charge in [-0.15, -0.1) is 11.3 Å². The Morgan fingerprint density at radius 3 is 2.70 bits per heavy atom. The van der Waals surface area contributed by atoms with E-state index in [9.17, 15) is 19.5 Å². The molecule has 1 aliphatic carbocycles. The molecule has 2 aromatic rings. The maximum atomic E-state index is 13.0. The van der Waals surface area contributed by atoms with E-state index in [1.54, 1.807) is 30.4 Å². The minimum absolute atomic E-state index is 0.212. The van der Waals surface area contributed by atoms with Crippen LogP contribution in [0.5, 0.6) is 5.75 Å². The number of aryl methyl sites for hydroxylation is 1. The van der Waals surface area contributed by atoms with Crippen molar-refractivity contribution in [2.45, 2.75) is 84.0 Å². The predicted octanol–water partition coefficient (Wildman–Crippen LogP) is 7.26. The maximum Gasteiger partial charge on any atom is 0.408 e. The Morgan fingerprint density at radius 1 is 1.24 bits per heavy atom. The van der Waals surface area contributed by atoms with Gasteiger partial charge in [-0.2, -0.15) is 0 Å². The van der Waals surface area contributed by atoms with Gasteiger partial charge in [-0.25, -0.2) is 9.59 Å². The summed E-state index contributed by atoms with van der Waals surface area (Å²) in [6.07, 6.45) is 15.0. The Balaban J connectivity index is 1.59. The number of carbonyl (C=O) groups is 2. The molecule has 0 radical (unpaired) electrons. The van der Waals surface area contributed by atoms with Crippen LogP contribution in [-0.4, -0.2) is 22.1 Å². The molecule has 0 aliphatic heterocycles. The van der Waals surface area contributed by atoms with E-state index in [-0.39, 0.29) is 17.2 Å². The van der Waals surface area contributed by atoms with Gasteiger partial charge in [0, 0.05) is 27.9 Å². The Kier molecular flexibility index (Phi) is 10.7. The van der Waals surface area contributed by atoms with E-state index in [0.717, 1.165) is 17.2 Å². The van der Waals surface area contributed by atoms with E-state index >= 15 is 0 Å². The lowest BCUT2D eigenvalue weighted by molar-refractivity contribution is 0.102. The number of Topliss-reactive ketones (excluding diaryl/α,β-unsaturated/α-hetero) is 1. The molecule has 1 aliphatic rings. The van der Waals surface area contributed by atoms with Crippen LogP contribution in [0.1, 0.15) is 103 Å². The molecule has 0 bridgehead atoms. The van der Waals surface area contributed by atoms with Crippen molar-refractivity contribution in [3.63, 3.8) is 0 Å². The quantitative estimate of drug-likeness (QED) is 0.197. The molecule has 3 rings (SSSR count). The lowest BCUT2D eigenvalue weighted by Gasteiger charge is -2.21. The number of hydrogen-bond acceptors (Lipinski definition) is 6. The summed E-state index contributed by atoms with van der Waals surface area (Å²) >= 11 is 1.65. The number of hydrogen-bond donors (Lipinski definition) is 3. The van der Waals surface area contributed by atoms with Gasteiger partial charge >= 0.3 is 11.7 Å². The fourth-order valence-electron chi connectivity index (χ4n) is 4.78. The molecular weight excluding hydrogens is 490 g/mol. The summed E-state index contributed by atoms with van der Waals surface area (Å²) in [5, 5.41) is 21.2. The van der Waals surface area contributed by atoms with Crippen molar-refractivity contribution < 1.29 is 24.2 Å². The van der Waals surface area contributed by atoms with E-state index in [4.69, 9.17) is 9.52 Å². The van der Waals surface area contributed by atoms with E-state index in [1.807, 2.05) is 13.0 Å². The van der Waals surface area contributed by atoms with Crippen LogP contribution in [0.4, 0.5) is 4.79 Å². The molecule has 1 atom stereocenters. The second-order valence-electron chi connectivity index (χ2n) is 9.88. The first kappa shape index (κ1) is 28.4. The van der Waals surface area contributed by atoms with Crippen molar-refractivity contribution in [1.29, 1.82) is 0 Å². The third-order valence-corrected chi connectivity index (χ3v) is 8.01. The largest absolute Gasteiger partial charge is 0.507 e. The Hall–Kier alpha value is -3.13. The Morgan fingerprint density at radius 2 is 2.00 bits per heavy atom. The number of amides is 1. The number of nitrogens with one attached hydrogen (secondary N) is 1. The first-order chi connectivity index (χ1) is 17.7. The molecule has 0 spiro atoms. The van der Waals surface area contributed by atoms with Gasteiger partial charge in [0.1, 0.15) is 17.1 Å². The van der Waals surface area contributed by atoms with Gasteiger partial charge in [-0.05, 0) is 62.3 Å². The molecule has 37 heavy (non-hydrogen) atoms. The molecule has 1 unspecified atom stereocenters. The predicted molar refractivity (Wildman–Crippen MR) is 146 cm³/mol. The summed E-state index contributed by atoms with van der Waals surface area (Å²) in [5.41, 5.74) is -0.869. The van der Waals surface area contributed by atoms with Crippen molar-refractivity contribution in [1.82, 2.24) is 5.32 Å². The molecule has 200 valence electrons. The smallest absolute Gasteiger partial charge is 0.408 e. The van der Waals surface area contributed by atoms with Crippen LogP contribution in [0.3, 0.4) is 0 Å². The van der Waals surface area contributed by atoms with Gasteiger partial charge in [0.05, 0.1) is 0 Å². The summed E-state index contributed by atoms with van der Waals surface area (Å²) in [6.45, 7) is 3.46. The topological polar surface area (TPSA) is 117 Å². The molecule has 1 fully saturated rings. The molecule has 2 heterocycles. The van der Waals surface area contributed by atoms with Crippen molar-refractivity contribution in [2.75, 3.05) is 0 Å². The standard InChI is InChI=1S/C29H37NO6S/c1-19(9-6-7-16-30-29(34)35)25-18-24(31)26(28(33)36-25)27(32)20(2)17-23-15-14-22(37-23)13-8-12-21-10-4-3-5-11-21/h7,14-19,21,30-31H,3-6,8-13H2,1-2H3,(H,34,35). The third-order valence-electron chi connectivity index (χ3n) is 6.91. The first-order valence-electron chi connectivity index (χ1n) is 13.1. The lowest BCUT2D eigenvalue weighted by Crippen LogP contribution is -2.16. The highest BCUT2D eigenvalue weighted by Gasteiger charge is 2.22. The van der Waals surface area contributed by atoms with Crippen LogP contribution in [0.15, 0.2) is 45.3 Å². The average molecular weight is 528 g/mol. The van der Waals surface area contributed by atoms with E-state index in [2.05, 4.69) is 11.4 Å². The van der Waals surface area contributed by atoms with Gasteiger partial charge in [0.15, 0.2) is 5.78 Å². The lowest BCUT2D eigenvalue weighted by atomic mass is 9.86. The van der Waals surface area contributed by atoms with Crippen LogP contribution in [-0.2, 0) is 6.42 Å². The molecule has 2 aromatic heterocycles. The van der Waals surface area contributed by atoms with Gasteiger partial charge in [-0.3, -0.25) is 10.1 Å². The number of ketones is 1. The minimum Gasteiger partial charge on any atom is -0.507 e. The van der Waals surface area contributed by atoms with Gasteiger partial charge in [0.25, 0.3) is 0 Å². The van der Waals surface area contributed by atoms with E-state index in [1.165, 1.54) is 62.1 Å². The van der Waals surface area contributed by atoms with Crippen LogP contribution >= 0.6 is 11.3 Å². The van der Waals surface area contributed by atoms with E-state index < -0.39 is 23.3 Å². The molecule has 0 saturated heterocycles. The number of thiophene rings is 1. The van der Waals surface area contributed by atoms with Gasteiger partial charge in [0.2, 0.25) is 0 Å². The van der Waals surface area contributed by atoms with Gasteiger partial charge in [-0.1, -0.05) is 51.5 Å². The average Bonchev–Trinajstić information content (AvgIpc) is 3.30. The second kappa shape index (κ2) is 14.0. The van der Waals surface area contributed by atoms with Crippen LogP contribution in [0.25, 0.3) is 6.08 Å². The van der Waals surface area contributed by atoms with Crippen LogP contribution < -0.4 is 10.9 Å². The number of carboxylic acid groups (broad SMARTS) is 1. The normalized spacial score (nSPS) is 15.7. The first-order valence-corrected chi connectivity index (χ1v) is 13.9. The monoisotopic (exact) mass is 527 g/mol. The highest BCUT2D eigenvalue weighted by molar-refractivity contribution is 7.12. The molecule has 7 nitrogen and oxygen atoms in total. The summed E-state index contributed by atoms with van der Waals surface area (Å²) in [5.74, 6) is -0.0125. The summed E-state index contributed by atoms with van der Waals surface area (Å²) < 4.78 is 5.37. The second-order valence-corrected chi connectivity index (χ2v) is 11.1. The summed E-state index contributed by atoms with van der Waals surface area (Å²) in [7, 11) is 0. The van der Waals surface area contributed by atoms with Crippen molar-refractivity contribution >= 4 is 29.3 Å². The SMILES string of the molecule is CC(=Cc1ccc(CCCC2CCCCC2)s1)C(=O)c1c(O)cc(C(C)CCC=CNC(=O)O)oc1=O. The minimum atomic E-state index is -1.14. The molecule has 1 saturated carbocycles. The Labute approximate surface area is 221 Å². The third kappa shape index (κ3) is 8.74. The van der Waals surface area contributed by atoms with Crippen LogP contribution in [0, 0.1) is 5.92 Å². The van der Waals surface area contributed by atoms with Crippen LogP contribution in [0.2, 0.25) is 0 Å². The fraction of sp³-hybridized carbons (Fsp3) is 0.483. The number of rotatable bonds is 12. The maximum absolute atomic E-state index is 13.0. The molecular formula is C29H37NO6S. The zero-order valence-electron chi connectivity index (χ0n) is 21.6. The molecule has 3 N–H and O–H groups in total. The number of allylic oxidation sites excluding steroid dienone is 2. The number of carbonyl (C=O) groups excluding carboxylic acids is 1. The van der Waals surface area contributed by atoms with Crippen molar-refractivity contribution in [2.24, 2.45) is 5.92 Å². The molecule has 1 amide bonds. The number of aromatic hydroxyl groups is 1. The van der Waals surface area contributed by atoms with Gasteiger partial charge < -0.3 is 14.6 Å². The zero-order chi connectivity index (χ0) is 26.8. The van der Waals surface area contributed by atoms with Crippen molar-refractivity contribution in [3.05, 3.63) is 67.5 Å². The summed E-state index contributed by atoms with van der Waals surface area (Å²) in [4.78, 5) is 38.3. The van der Waals surface area contributed by atoms with E-state index in [0.29, 0.717) is 18.4 Å². The fourth-order valence-corrected chi connectivity index (χ4v) is 5.83. The molecule has 8 heteroatoms. The van der Waals surface area contributed by atoms with Crippen molar-refractivity contribution in [3.8, 4) is 5.75 Å². The Bertz CT molecular complexity index is 1190. The highest BCUT2D eigenvalue weighted by atomic mass is 32.1. The zero-order valence-corrected chi connectivity index (χ0v) is 22.4. The molecule has 0 aromatic carbocycles.